The highest BCUT2D eigenvalue weighted by atomic mass is 15.2. The zero-order chi connectivity index (χ0) is 12.8. The van der Waals surface area contributed by atoms with E-state index in [0.29, 0.717) is 12.1 Å². The molecular formula is C14H23N3. The molecule has 1 rings (SSSR count). The normalized spacial score (nSPS) is 12.5. The van der Waals surface area contributed by atoms with Gasteiger partial charge in [-0.3, -0.25) is 0 Å². The summed E-state index contributed by atoms with van der Waals surface area (Å²) < 4.78 is 0. The average Bonchev–Trinajstić information content (AvgIpc) is 2.34. The van der Waals surface area contributed by atoms with Crippen molar-refractivity contribution in [3.05, 3.63) is 36.5 Å². The van der Waals surface area contributed by atoms with Gasteiger partial charge in [-0.2, -0.15) is 0 Å². The molecule has 0 bridgehead atoms. The van der Waals surface area contributed by atoms with Crippen molar-refractivity contribution in [2.24, 2.45) is 0 Å². The Labute approximate surface area is 105 Å². The summed E-state index contributed by atoms with van der Waals surface area (Å²) in [6, 6.07) is 4.96. The van der Waals surface area contributed by atoms with Gasteiger partial charge in [0.1, 0.15) is 5.82 Å². The molecule has 0 amide bonds. The monoisotopic (exact) mass is 233 g/mol. The molecule has 1 N–H and O–H groups in total. The van der Waals surface area contributed by atoms with Gasteiger partial charge in [-0.15, -0.1) is 6.58 Å². The molecule has 1 atom stereocenters. The maximum Gasteiger partial charge on any atom is 0.129 e. The van der Waals surface area contributed by atoms with E-state index in [1.807, 2.05) is 19.3 Å². The number of rotatable bonds is 6. The third kappa shape index (κ3) is 3.56. The Morgan fingerprint density at radius 1 is 1.47 bits per heavy atom. The summed E-state index contributed by atoms with van der Waals surface area (Å²) in [7, 11) is 1.97. The van der Waals surface area contributed by atoms with Crippen LogP contribution in [0.4, 0.5) is 5.82 Å². The predicted molar refractivity (Wildman–Crippen MR) is 74.4 cm³/mol. The van der Waals surface area contributed by atoms with Crippen molar-refractivity contribution in [1.82, 2.24) is 10.3 Å². The van der Waals surface area contributed by atoms with Crippen molar-refractivity contribution in [2.75, 3.05) is 18.5 Å². The maximum absolute atomic E-state index is 4.45. The van der Waals surface area contributed by atoms with Crippen molar-refractivity contribution < 1.29 is 0 Å². The molecule has 0 saturated heterocycles. The first-order valence-electron chi connectivity index (χ1n) is 6.11. The van der Waals surface area contributed by atoms with Crippen molar-refractivity contribution in [3.8, 4) is 0 Å². The number of hydrogen-bond donors (Lipinski definition) is 1. The van der Waals surface area contributed by atoms with Crippen LogP contribution in [-0.2, 0) is 0 Å². The fourth-order valence-corrected chi connectivity index (χ4v) is 1.74. The van der Waals surface area contributed by atoms with Crippen molar-refractivity contribution >= 4 is 5.82 Å². The Kier molecular flexibility index (Phi) is 5.16. The lowest BCUT2D eigenvalue weighted by atomic mass is 10.1. The van der Waals surface area contributed by atoms with Crippen LogP contribution >= 0.6 is 0 Å². The first kappa shape index (κ1) is 13.7. The Bertz CT molecular complexity index is 360. The lowest BCUT2D eigenvalue weighted by Crippen LogP contribution is -2.31. The Hall–Kier alpha value is -1.35. The van der Waals surface area contributed by atoms with Gasteiger partial charge in [0.05, 0.1) is 0 Å². The minimum absolute atomic E-state index is 0.342. The quantitative estimate of drug-likeness (QED) is 0.766. The minimum Gasteiger partial charge on any atom is -0.350 e. The van der Waals surface area contributed by atoms with E-state index in [-0.39, 0.29) is 0 Å². The van der Waals surface area contributed by atoms with Gasteiger partial charge in [0.2, 0.25) is 0 Å². The number of nitrogens with zero attached hydrogens (tertiary/aromatic N) is 2. The molecule has 0 aliphatic heterocycles. The van der Waals surface area contributed by atoms with Gasteiger partial charge in [-0.25, -0.2) is 4.98 Å². The van der Waals surface area contributed by atoms with Crippen LogP contribution in [0.15, 0.2) is 31.0 Å². The first-order chi connectivity index (χ1) is 8.10. The summed E-state index contributed by atoms with van der Waals surface area (Å²) in [5.74, 6) is 1.01. The van der Waals surface area contributed by atoms with Gasteiger partial charge in [0.25, 0.3) is 0 Å². The average molecular weight is 233 g/mol. The standard InChI is InChI=1S/C14H23N3/c1-6-9-17(11(2)3)14-10-13(7-8-16-14)12(4)15-5/h6-8,10-12,15H,1,9H2,2-5H3. The molecule has 0 aliphatic carbocycles. The molecule has 0 aromatic carbocycles. The summed E-state index contributed by atoms with van der Waals surface area (Å²) in [5, 5.41) is 3.24. The van der Waals surface area contributed by atoms with Crippen LogP contribution in [0, 0.1) is 0 Å². The fourth-order valence-electron chi connectivity index (χ4n) is 1.74. The van der Waals surface area contributed by atoms with E-state index >= 15 is 0 Å². The van der Waals surface area contributed by atoms with Crippen LogP contribution in [0.2, 0.25) is 0 Å². The number of hydrogen-bond acceptors (Lipinski definition) is 3. The molecule has 0 aliphatic rings. The molecule has 1 unspecified atom stereocenters. The summed E-state index contributed by atoms with van der Waals surface area (Å²) >= 11 is 0. The maximum atomic E-state index is 4.45. The number of nitrogens with one attached hydrogen (secondary N) is 1. The molecular weight excluding hydrogens is 210 g/mol. The van der Waals surface area contributed by atoms with Crippen molar-refractivity contribution in [3.63, 3.8) is 0 Å². The topological polar surface area (TPSA) is 28.2 Å². The van der Waals surface area contributed by atoms with Crippen molar-refractivity contribution in [1.29, 1.82) is 0 Å². The molecule has 17 heavy (non-hydrogen) atoms. The highest BCUT2D eigenvalue weighted by molar-refractivity contribution is 5.43. The molecule has 1 heterocycles. The van der Waals surface area contributed by atoms with E-state index in [1.165, 1.54) is 5.56 Å². The summed E-state index contributed by atoms with van der Waals surface area (Å²) in [6.07, 6.45) is 3.78. The van der Waals surface area contributed by atoms with Crippen LogP contribution in [0.1, 0.15) is 32.4 Å². The van der Waals surface area contributed by atoms with E-state index in [2.05, 4.69) is 54.7 Å². The van der Waals surface area contributed by atoms with Gasteiger partial charge in [-0.1, -0.05) is 6.08 Å². The number of aromatic nitrogens is 1. The fraction of sp³-hybridized carbons (Fsp3) is 0.500. The molecule has 0 fully saturated rings. The lowest BCUT2D eigenvalue weighted by Gasteiger charge is -2.27. The van der Waals surface area contributed by atoms with Gasteiger partial charge >= 0.3 is 0 Å². The zero-order valence-corrected chi connectivity index (χ0v) is 11.3. The van der Waals surface area contributed by atoms with Crippen LogP contribution in [0.25, 0.3) is 0 Å². The Morgan fingerprint density at radius 3 is 2.71 bits per heavy atom. The number of pyridine rings is 1. The Balaban J connectivity index is 2.99. The highest BCUT2D eigenvalue weighted by Crippen LogP contribution is 2.19. The predicted octanol–water partition coefficient (Wildman–Crippen LogP) is 2.76. The SMILES string of the molecule is C=CCN(c1cc(C(C)NC)ccn1)C(C)C. The van der Waals surface area contributed by atoms with E-state index in [4.69, 9.17) is 0 Å². The Morgan fingerprint density at radius 2 is 2.18 bits per heavy atom. The van der Waals surface area contributed by atoms with Gasteiger partial charge < -0.3 is 10.2 Å². The van der Waals surface area contributed by atoms with Crippen LogP contribution in [0.5, 0.6) is 0 Å². The van der Waals surface area contributed by atoms with E-state index < -0.39 is 0 Å². The zero-order valence-electron chi connectivity index (χ0n) is 11.3. The third-order valence-electron chi connectivity index (χ3n) is 2.95. The lowest BCUT2D eigenvalue weighted by molar-refractivity contribution is 0.648. The second-order valence-electron chi connectivity index (χ2n) is 4.49. The van der Waals surface area contributed by atoms with Crippen LogP contribution in [0.3, 0.4) is 0 Å². The number of anilines is 1. The molecule has 0 spiro atoms. The minimum atomic E-state index is 0.342. The van der Waals surface area contributed by atoms with Gasteiger partial charge in [-0.05, 0) is 45.5 Å². The van der Waals surface area contributed by atoms with Gasteiger partial charge in [0.15, 0.2) is 0 Å². The highest BCUT2D eigenvalue weighted by Gasteiger charge is 2.12. The van der Waals surface area contributed by atoms with Crippen LogP contribution in [-0.4, -0.2) is 24.6 Å². The largest absolute Gasteiger partial charge is 0.350 e. The molecule has 94 valence electrons. The van der Waals surface area contributed by atoms with E-state index in [0.717, 1.165) is 12.4 Å². The second-order valence-corrected chi connectivity index (χ2v) is 4.49. The summed E-state index contributed by atoms with van der Waals surface area (Å²) in [6.45, 7) is 11.1. The first-order valence-corrected chi connectivity index (χ1v) is 6.11. The van der Waals surface area contributed by atoms with E-state index in [1.54, 1.807) is 0 Å². The third-order valence-corrected chi connectivity index (χ3v) is 2.95. The molecule has 1 aromatic rings. The molecule has 1 aromatic heterocycles. The van der Waals surface area contributed by atoms with Gasteiger partial charge in [0, 0.05) is 24.8 Å². The summed E-state index contributed by atoms with van der Waals surface area (Å²) in [4.78, 5) is 6.68. The molecule has 0 radical (unpaired) electrons. The second kappa shape index (κ2) is 6.40. The summed E-state index contributed by atoms with van der Waals surface area (Å²) in [5.41, 5.74) is 1.26. The molecule has 3 nitrogen and oxygen atoms in total. The molecule has 0 saturated carbocycles. The van der Waals surface area contributed by atoms with Crippen LogP contribution < -0.4 is 10.2 Å². The molecule has 3 heteroatoms. The van der Waals surface area contributed by atoms with E-state index in [9.17, 15) is 0 Å². The van der Waals surface area contributed by atoms with Crippen molar-refractivity contribution in [2.45, 2.75) is 32.9 Å². The smallest absolute Gasteiger partial charge is 0.129 e.